The highest BCUT2D eigenvalue weighted by Gasteiger charge is 2.34. The fourth-order valence-electron chi connectivity index (χ4n) is 2.49. The Morgan fingerprint density at radius 1 is 1.15 bits per heavy atom. The van der Waals surface area contributed by atoms with Gasteiger partial charge in [-0.15, -0.1) is 12.4 Å². The average molecular weight is 403 g/mol. The normalized spacial score (nSPS) is 16.9. The standard InChI is InChI=1S/C18H17F3N2O3.ClH/c19-18(20,21)14-3-1-2-4-16(14)26-13-7-5-12(6-8-13)23-17(24)15-11-25-10-9-22-15;/h1-8,15,22H,9-11H2,(H,23,24);1H. The van der Waals surface area contributed by atoms with E-state index in [0.717, 1.165) is 6.07 Å². The minimum absolute atomic E-state index is 0. The number of nitrogens with one attached hydrogen (secondary N) is 2. The molecular weight excluding hydrogens is 385 g/mol. The lowest BCUT2D eigenvalue weighted by atomic mass is 10.2. The highest BCUT2D eigenvalue weighted by atomic mass is 35.5. The Bertz CT molecular complexity index is 763. The van der Waals surface area contributed by atoms with Gasteiger partial charge in [0.1, 0.15) is 17.5 Å². The number of halogens is 4. The van der Waals surface area contributed by atoms with Crippen molar-refractivity contribution in [3.8, 4) is 11.5 Å². The fourth-order valence-corrected chi connectivity index (χ4v) is 2.49. The summed E-state index contributed by atoms with van der Waals surface area (Å²) in [6, 6.07) is 10.7. The molecule has 3 rings (SSSR count). The Morgan fingerprint density at radius 2 is 1.85 bits per heavy atom. The number of hydrogen-bond donors (Lipinski definition) is 2. The zero-order valence-electron chi connectivity index (χ0n) is 14.1. The van der Waals surface area contributed by atoms with Gasteiger partial charge < -0.3 is 20.1 Å². The molecule has 1 fully saturated rings. The van der Waals surface area contributed by atoms with Gasteiger partial charge in [0.15, 0.2) is 0 Å². The molecule has 1 aliphatic rings. The number of carbonyl (C=O) groups excluding carboxylic acids is 1. The van der Waals surface area contributed by atoms with Crippen molar-refractivity contribution >= 4 is 24.0 Å². The van der Waals surface area contributed by atoms with E-state index >= 15 is 0 Å². The Morgan fingerprint density at radius 3 is 2.48 bits per heavy atom. The first kappa shape index (κ1) is 21.0. The highest BCUT2D eigenvalue weighted by Crippen LogP contribution is 2.37. The van der Waals surface area contributed by atoms with Gasteiger partial charge in [0.05, 0.1) is 18.8 Å². The summed E-state index contributed by atoms with van der Waals surface area (Å²) < 4.78 is 49.6. The van der Waals surface area contributed by atoms with Gasteiger partial charge in [0, 0.05) is 12.2 Å². The summed E-state index contributed by atoms with van der Waals surface area (Å²) in [4.78, 5) is 12.1. The van der Waals surface area contributed by atoms with Gasteiger partial charge in [-0.1, -0.05) is 12.1 Å². The molecule has 1 atom stereocenters. The summed E-state index contributed by atoms with van der Waals surface area (Å²) >= 11 is 0. The molecule has 1 aliphatic heterocycles. The molecule has 0 aromatic heterocycles. The van der Waals surface area contributed by atoms with Crippen LogP contribution in [0.4, 0.5) is 18.9 Å². The monoisotopic (exact) mass is 402 g/mol. The van der Waals surface area contributed by atoms with Crippen molar-refractivity contribution in [2.75, 3.05) is 25.1 Å². The summed E-state index contributed by atoms with van der Waals surface area (Å²) in [5.41, 5.74) is -0.334. The first-order valence-corrected chi connectivity index (χ1v) is 7.99. The van der Waals surface area contributed by atoms with Crippen LogP contribution >= 0.6 is 12.4 Å². The van der Waals surface area contributed by atoms with Crippen LogP contribution in [0.1, 0.15) is 5.56 Å². The van der Waals surface area contributed by atoms with Crippen LogP contribution in [0.3, 0.4) is 0 Å². The molecule has 9 heteroatoms. The van der Waals surface area contributed by atoms with Gasteiger partial charge in [-0.2, -0.15) is 13.2 Å². The van der Waals surface area contributed by atoms with Crippen LogP contribution < -0.4 is 15.4 Å². The van der Waals surface area contributed by atoms with Gasteiger partial charge in [0.25, 0.3) is 0 Å². The predicted molar refractivity (Wildman–Crippen MR) is 96.4 cm³/mol. The molecule has 1 unspecified atom stereocenters. The van der Waals surface area contributed by atoms with E-state index < -0.39 is 17.8 Å². The van der Waals surface area contributed by atoms with Crippen molar-refractivity contribution in [3.63, 3.8) is 0 Å². The lowest BCUT2D eigenvalue weighted by Gasteiger charge is -2.22. The zero-order valence-corrected chi connectivity index (χ0v) is 14.9. The lowest BCUT2D eigenvalue weighted by molar-refractivity contribution is -0.138. The van der Waals surface area contributed by atoms with Crippen molar-refractivity contribution in [1.29, 1.82) is 0 Å². The van der Waals surface area contributed by atoms with Crippen molar-refractivity contribution in [1.82, 2.24) is 5.32 Å². The SMILES string of the molecule is Cl.O=C(Nc1ccc(Oc2ccccc2C(F)(F)F)cc1)C1COCCN1. The molecule has 1 saturated heterocycles. The Balaban J connectivity index is 0.00000261. The number of benzene rings is 2. The molecule has 0 bridgehead atoms. The van der Waals surface area contributed by atoms with E-state index in [-0.39, 0.29) is 29.8 Å². The number of anilines is 1. The minimum atomic E-state index is -4.50. The molecule has 1 heterocycles. The van der Waals surface area contributed by atoms with Crippen LogP contribution in [0.25, 0.3) is 0 Å². The average Bonchev–Trinajstić information content (AvgIpc) is 2.63. The quantitative estimate of drug-likeness (QED) is 0.815. The van der Waals surface area contributed by atoms with Crippen LogP contribution in [-0.2, 0) is 15.7 Å². The van der Waals surface area contributed by atoms with Gasteiger partial charge >= 0.3 is 6.18 Å². The topological polar surface area (TPSA) is 59.6 Å². The summed E-state index contributed by atoms with van der Waals surface area (Å²) in [5, 5.41) is 5.76. The summed E-state index contributed by atoms with van der Waals surface area (Å²) in [6.45, 7) is 1.46. The first-order valence-electron chi connectivity index (χ1n) is 7.99. The van der Waals surface area contributed by atoms with Gasteiger partial charge in [-0.25, -0.2) is 0 Å². The summed E-state index contributed by atoms with van der Waals surface area (Å²) in [5.74, 6) is -0.278. The number of carbonyl (C=O) groups is 1. The fraction of sp³-hybridized carbons (Fsp3) is 0.278. The van der Waals surface area contributed by atoms with E-state index in [2.05, 4.69) is 10.6 Å². The third-order valence-corrected chi connectivity index (χ3v) is 3.78. The maximum atomic E-state index is 13.0. The third kappa shape index (κ3) is 5.59. The van der Waals surface area contributed by atoms with Gasteiger partial charge in [-0.3, -0.25) is 4.79 Å². The van der Waals surface area contributed by atoms with Gasteiger partial charge in [0.2, 0.25) is 5.91 Å². The molecule has 0 radical (unpaired) electrons. The highest BCUT2D eigenvalue weighted by molar-refractivity contribution is 5.95. The van der Waals surface area contributed by atoms with Crippen molar-refractivity contribution in [2.24, 2.45) is 0 Å². The Labute approximate surface area is 160 Å². The van der Waals surface area contributed by atoms with Gasteiger partial charge in [-0.05, 0) is 36.4 Å². The molecule has 0 saturated carbocycles. The molecule has 2 aromatic rings. The van der Waals surface area contributed by atoms with E-state index in [9.17, 15) is 18.0 Å². The van der Waals surface area contributed by atoms with E-state index in [4.69, 9.17) is 9.47 Å². The van der Waals surface area contributed by atoms with E-state index in [1.54, 1.807) is 12.1 Å². The zero-order chi connectivity index (χ0) is 18.6. The number of amides is 1. The van der Waals surface area contributed by atoms with Crippen LogP contribution in [0.5, 0.6) is 11.5 Å². The second-order valence-corrected chi connectivity index (χ2v) is 5.69. The minimum Gasteiger partial charge on any atom is -0.457 e. The largest absolute Gasteiger partial charge is 0.457 e. The molecule has 2 N–H and O–H groups in total. The van der Waals surface area contributed by atoms with Crippen LogP contribution in [0.2, 0.25) is 0 Å². The molecule has 27 heavy (non-hydrogen) atoms. The van der Waals surface area contributed by atoms with Crippen LogP contribution in [-0.4, -0.2) is 31.7 Å². The molecular formula is C18H18ClF3N2O3. The van der Waals surface area contributed by atoms with Crippen LogP contribution in [0, 0.1) is 0 Å². The van der Waals surface area contributed by atoms with E-state index in [0.29, 0.717) is 25.4 Å². The van der Waals surface area contributed by atoms with Crippen molar-refractivity contribution < 1.29 is 27.4 Å². The first-order chi connectivity index (χ1) is 12.4. The lowest BCUT2D eigenvalue weighted by Crippen LogP contribution is -2.48. The maximum Gasteiger partial charge on any atom is 0.419 e. The Hall–Kier alpha value is -2.29. The van der Waals surface area contributed by atoms with Crippen molar-refractivity contribution in [2.45, 2.75) is 12.2 Å². The van der Waals surface area contributed by atoms with Crippen molar-refractivity contribution in [3.05, 3.63) is 54.1 Å². The molecule has 1 amide bonds. The smallest absolute Gasteiger partial charge is 0.419 e. The number of para-hydroxylation sites is 1. The number of hydrogen-bond acceptors (Lipinski definition) is 4. The number of rotatable bonds is 4. The molecule has 0 spiro atoms. The molecule has 5 nitrogen and oxygen atoms in total. The second-order valence-electron chi connectivity index (χ2n) is 5.69. The number of alkyl halides is 3. The number of ether oxygens (including phenoxy) is 2. The summed E-state index contributed by atoms with van der Waals surface area (Å²) in [7, 11) is 0. The molecule has 0 aliphatic carbocycles. The van der Waals surface area contributed by atoms with E-state index in [1.165, 1.54) is 30.3 Å². The second kappa shape index (κ2) is 9.07. The predicted octanol–water partition coefficient (Wildman–Crippen LogP) is 3.85. The molecule has 146 valence electrons. The van der Waals surface area contributed by atoms with E-state index in [1.807, 2.05) is 0 Å². The maximum absolute atomic E-state index is 13.0. The third-order valence-electron chi connectivity index (χ3n) is 3.78. The Kier molecular flexibility index (Phi) is 7.06. The number of morpholine rings is 1. The summed E-state index contributed by atoms with van der Waals surface area (Å²) in [6.07, 6.45) is -4.50. The molecule has 2 aromatic carbocycles. The van der Waals surface area contributed by atoms with Crippen LogP contribution in [0.15, 0.2) is 48.5 Å².